The van der Waals surface area contributed by atoms with Crippen LogP contribution in [0.15, 0.2) is 60.9 Å². The van der Waals surface area contributed by atoms with Gasteiger partial charge in [0.05, 0.1) is 22.8 Å². The van der Waals surface area contributed by atoms with E-state index in [-0.39, 0.29) is 11.8 Å². The minimum Gasteiger partial charge on any atom is -0.402 e. The number of hydrogen-bond donors (Lipinski definition) is 1. The van der Waals surface area contributed by atoms with E-state index in [9.17, 15) is 4.79 Å². The molecular weight excluding hydrogens is 412 g/mol. The summed E-state index contributed by atoms with van der Waals surface area (Å²) >= 11 is 0. The Hall–Kier alpha value is -3.87. The molecule has 0 saturated heterocycles. The topological polar surface area (TPSA) is 99.6 Å². The number of pyridine rings is 2. The van der Waals surface area contributed by atoms with Crippen LogP contribution in [0.2, 0.25) is 0 Å². The molecule has 0 radical (unpaired) electrons. The van der Waals surface area contributed by atoms with Crippen molar-refractivity contribution >= 4 is 22.4 Å². The SMILES string of the molecule is CC(=O)C(=C(C)N)c1cnc2c(-c3cnc(C4CC4)nc3)cn([C@@H](C)c3ccccn3)c2c1. The molecule has 1 fully saturated rings. The number of allylic oxidation sites excluding steroid dienone is 2. The number of nitrogens with two attached hydrogens (primary N) is 1. The van der Waals surface area contributed by atoms with E-state index in [4.69, 9.17) is 10.7 Å². The van der Waals surface area contributed by atoms with Gasteiger partial charge >= 0.3 is 0 Å². The van der Waals surface area contributed by atoms with Crippen molar-refractivity contribution in [1.29, 1.82) is 0 Å². The molecule has 0 unspecified atom stereocenters. The highest BCUT2D eigenvalue weighted by atomic mass is 16.1. The van der Waals surface area contributed by atoms with Crippen molar-refractivity contribution in [3.05, 3.63) is 78.0 Å². The lowest BCUT2D eigenvalue weighted by Crippen LogP contribution is -2.08. The van der Waals surface area contributed by atoms with E-state index in [0.29, 0.717) is 22.8 Å². The number of nitrogens with zero attached hydrogens (tertiary/aromatic N) is 5. The number of fused-ring (bicyclic) bond motifs is 1. The molecule has 5 rings (SSSR count). The molecule has 7 nitrogen and oxygen atoms in total. The molecule has 4 heterocycles. The molecule has 0 amide bonds. The molecular formula is C26H26N6O. The van der Waals surface area contributed by atoms with Crippen LogP contribution in [0.1, 0.15) is 62.7 Å². The molecule has 2 N–H and O–H groups in total. The summed E-state index contributed by atoms with van der Waals surface area (Å²) in [4.78, 5) is 30.8. The van der Waals surface area contributed by atoms with Crippen LogP contribution in [0.25, 0.3) is 27.7 Å². The number of hydrogen-bond acceptors (Lipinski definition) is 6. The second-order valence-corrected chi connectivity index (χ2v) is 8.69. The number of rotatable bonds is 6. The van der Waals surface area contributed by atoms with Gasteiger partial charge in [0.1, 0.15) is 5.82 Å². The summed E-state index contributed by atoms with van der Waals surface area (Å²) in [7, 11) is 0. The molecule has 33 heavy (non-hydrogen) atoms. The predicted octanol–water partition coefficient (Wildman–Crippen LogP) is 4.65. The summed E-state index contributed by atoms with van der Waals surface area (Å²) in [5.74, 6) is 1.33. The second-order valence-electron chi connectivity index (χ2n) is 8.69. The minimum absolute atomic E-state index is 0.0464. The number of carbonyl (C=O) groups excluding carboxylic acids is 1. The van der Waals surface area contributed by atoms with Crippen LogP contribution in [0, 0.1) is 0 Å². The molecule has 1 saturated carbocycles. The van der Waals surface area contributed by atoms with Crippen LogP contribution in [0.3, 0.4) is 0 Å². The van der Waals surface area contributed by atoms with Crippen molar-refractivity contribution in [3.63, 3.8) is 0 Å². The summed E-state index contributed by atoms with van der Waals surface area (Å²) in [6.45, 7) is 5.36. The Morgan fingerprint density at radius 3 is 2.45 bits per heavy atom. The van der Waals surface area contributed by atoms with Crippen LogP contribution in [-0.2, 0) is 4.79 Å². The fourth-order valence-electron chi connectivity index (χ4n) is 4.30. The van der Waals surface area contributed by atoms with Gasteiger partial charge in [0.2, 0.25) is 0 Å². The highest BCUT2D eigenvalue weighted by molar-refractivity contribution is 6.20. The molecule has 0 aromatic carbocycles. The van der Waals surface area contributed by atoms with Crippen molar-refractivity contribution in [2.24, 2.45) is 5.73 Å². The highest BCUT2D eigenvalue weighted by Crippen LogP contribution is 2.39. The summed E-state index contributed by atoms with van der Waals surface area (Å²) in [5.41, 5.74) is 12.2. The predicted molar refractivity (Wildman–Crippen MR) is 128 cm³/mol. The van der Waals surface area contributed by atoms with E-state index >= 15 is 0 Å². The van der Waals surface area contributed by atoms with Crippen LogP contribution < -0.4 is 5.73 Å². The zero-order valence-electron chi connectivity index (χ0n) is 19.0. The van der Waals surface area contributed by atoms with Gasteiger partial charge in [0, 0.05) is 64.9 Å². The van der Waals surface area contributed by atoms with Crippen molar-refractivity contribution in [2.45, 2.75) is 45.6 Å². The Bertz CT molecular complexity index is 1360. The summed E-state index contributed by atoms with van der Waals surface area (Å²) in [6, 6.07) is 7.83. The maximum atomic E-state index is 12.3. The van der Waals surface area contributed by atoms with Crippen LogP contribution >= 0.6 is 0 Å². The van der Waals surface area contributed by atoms with Crippen molar-refractivity contribution < 1.29 is 4.79 Å². The van der Waals surface area contributed by atoms with Gasteiger partial charge in [-0.25, -0.2) is 9.97 Å². The third-order valence-corrected chi connectivity index (χ3v) is 6.16. The van der Waals surface area contributed by atoms with Crippen LogP contribution in [0.5, 0.6) is 0 Å². The number of Topliss-reactive ketones (excluding diaryl/α,β-unsaturated/α-hetero) is 1. The lowest BCUT2D eigenvalue weighted by atomic mass is 10.0. The van der Waals surface area contributed by atoms with Crippen molar-refractivity contribution in [1.82, 2.24) is 24.5 Å². The molecule has 0 aliphatic heterocycles. The first-order chi connectivity index (χ1) is 15.9. The van der Waals surface area contributed by atoms with Gasteiger partial charge in [-0.1, -0.05) is 6.07 Å². The lowest BCUT2D eigenvalue weighted by Gasteiger charge is -2.15. The fourth-order valence-corrected chi connectivity index (χ4v) is 4.30. The van der Waals surface area contributed by atoms with Gasteiger partial charge in [0.25, 0.3) is 0 Å². The number of carbonyl (C=O) groups is 1. The van der Waals surface area contributed by atoms with E-state index in [1.54, 1.807) is 19.3 Å². The first kappa shape index (κ1) is 21.0. The zero-order chi connectivity index (χ0) is 23.1. The second kappa shape index (κ2) is 8.24. The maximum absolute atomic E-state index is 12.3. The quantitative estimate of drug-likeness (QED) is 0.440. The third kappa shape index (κ3) is 3.91. The average molecular weight is 439 g/mol. The third-order valence-electron chi connectivity index (χ3n) is 6.16. The molecule has 166 valence electrons. The Labute approximate surface area is 192 Å². The van der Waals surface area contributed by atoms with Gasteiger partial charge in [0.15, 0.2) is 5.78 Å². The van der Waals surface area contributed by atoms with Crippen LogP contribution in [-0.4, -0.2) is 30.3 Å². The standard InChI is InChI=1S/C26H26N6O/c1-15(27)24(17(3)33)19-10-23-25(29-11-19)21(20-12-30-26(31-13-20)18-7-8-18)14-32(23)16(2)22-6-4-5-9-28-22/h4-6,9-14,16,18H,7-8,27H2,1-3H3/t16-/m0/s1. The normalized spacial score (nSPS) is 15.4. The van der Waals surface area contributed by atoms with E-state index in [0.717, 1.165) is 46.5 Å². The average Bonchev–Trinajstić information content (AvgIpc) is 3.60. The van der Waals surface area contributed by atoms with E-state index in [1.807, 2.05) is 36.7 Å². The van der Waals surface area contributed by atoms with Crippen molar-refractivity contribution in [2.75, 3.05) is 0 Å². The molecule has 7 heteroatoms. The van der Waals surface area contributed by atoms with E-state index < -0.39 is 0 Å². The molecule has 1 aliphatic rings. The molecule has 1 aliphatic carbocycles. The van der Waals surface area contributed by atoms with Crippen molar-refractivity contribution in [3.8, 4) is 11.1 Å². The molecule has 0 spiro atoms. The molecule has 4 aromatic heterocycles. The van der Waals surface area contributed by atoms with Gasteiger partial charge in [-0.15, -0.1) is 0 Å². The number of ketones is 1. The first-order valence-electron chi connectivity index (χ1n) is 11.2. The molecule has 1 atom stereocenters. The first-order valence-corrected chi connectivity index (χ1v) is 11.2. The van der Waals surface area contributed by atoms with E-state index in [2.05, 4.69) is 32.6 Å². The maximum Gasteiger partial charge on any atom is 0.162 e. The highest BCUT2D eigenvalue weighted by Gasteiger charge is 2.26. The van der Waals surface area contributed by atoms with Gasteiger partial charge in [-0.3, -0.25) is 14.8 Å². The summed E-state index contributed by atoms with van der Waals surface area (Å²) in [6.07, 6.45) is 11.7. The largest absolute Gasteiger partial charge is 0.402 e. The monoisotopic (exact) mass is 438 g/mol. The van der Waals surface area contributed by atoms with Gasteiger partial charge in [-0.05, 0) is 51.8 Å². The van der Waals surface area contributed by atoms with Crippen LogP contribution in [0.4, 0.5) is 0 Å². The summed E-state index contributed by atoms with van der Waals surface area (Å²) < 4.78 is 2.14. The lowest BCUT2D eigenvalue weighted by molar-refractivity contribution is -0.111. The summed E-state index contributed by atoms with van der Waals surface area (Å²) in [5, 5.41) is 0. The smallest absolute Gasteiger partial charge is 0.162 e. The minimum atomic E-state index is -0.0867. The zero-order valence-corrected chi connectivity index (χ0v) is 19.0. The van der Waals surface area contributed by atoms with Gasteiger partial charge in [-0.2, -0.15) is 0 Å². The molecule has 0 bridgehead atoms. The molecule has 4 aromatic rings. The Kier molecular flexibility index (Phi) is 5.24. The van der Waals surface area contributed by atoms with Gasteiger partial charge < -0.3 is 10.3 Å². The Morgan fingerprint density at radius 2 is 1.85 bits per heavy atom. The Balaban J connectivity index is 1.69. The number of aromatic nitrogens is 5. The fraction of sp³-hybridized carbons (Fsp3) is 0.269. The Morgan fingerprint density at radius 1 is 1.09 bits per heavy atom. The van der Waals surface area contributed by atoms with E-state index in [1.165, 1.54) is 6.92 Å².